The van der Waals surface area contributed by atoms with Crippen LogP contribution in [-0.2, 0) is 11.2 Å². The predicted octanol–water partition coefficient (Wildman–Crippen LogP) is 4.17. The summed E-state index contributed by atoms with van der Waals surface area (Å²) in [6.07, 6.45) is 5.86. The molecule has 2 nitrogen and oxygen atoms in total. The summed E-state index contributed by atoms with van der Waals surface area (Å²) in [5.41, 5.74) is 1.17. The van der Waals surface area contributed by atoms with Crippen molar-refractivity contribution in [2.45, 2.75) is 58.5 Å². The predicted molar refractivity (Wildman–Crippen MR) is 77.5 cm³/mol. The first kappa shape index (κ1) is 14.1. The van der Waals surface area contributed by atoms with E-state index in [4.69, 9.17) is 4.74 Å². The number of ketones is 1. The molecular formula is C17H24O2. The molecule has 0 bridgehead atoms. The molecule has 2 rings (SSSR count). The molecule has 0 fully saturated rings. The molecule has 1 aromatic carbocycles. The van der Waals surface area contributed by atoms with Crippen LogP contribution in [0.15, 0.2) is 24.3 Å². The molecule has 1 aliphatic rings. The number of carbonyl (C=O) groups is 1. The van der Waals surface area contributed by atoms with E-state index in [0.717, 1.165) is 18.6 Å². The SMILES string of the molecule is CCCCC(CC)CC(=O)C1Cc2ccccc2O1. The summed E-state index contributed by atoms with van der Waals surface area (Å²) in [5, 5.41) is 0. The molecule has 0 amide bonds. The van der Waals surface area contributed by atoms with Crippen LogP contribution in [0.2, 0.25) is 0 Å². The van der Waals surface area contributed by atoms with Gasteiger partial charge < -0.3 is 4.74 Å². The molecule has 1 aromatic rings. The summed E-state index contributed by atoms with van der Waals surface area (Å²) < 4.78 is 5.77. The van der Waals surface area contributed by atoms with Gasteiger partial charge in [0.05, 0.1) is 0 Å². The van der Waals surface area contributed by atoms with Gasteiger partial charge in [-0.2, -0.15) is 0 Å². The third-order valence-electron chi connectivity index (χ3n) is 4.04. The third kappa shape index (κ3) is 3.59. The van der Waals surface area contributed by atoms with Gasteiger partial charge in [0.1, 0.15) is 5.75 Å². The number of hydrogen-bond acceptors (Lipinski definition) is 2. The van der Waals surface area contributed by atoms with E-state index in [2.05, 4.69) is 19.9 Å². The van der Waals surface area contributed by atoms with Crippen LogP contribution in [0.4, 0.5) is 0 Å². The van der Waals surface area contributed by atoms with Crippen molar-refractivity contribution in [2.24, 2.45) is 5.92 Å². The van der Waals surface area contributed by atoms with Crippen LogP contribution in [0.5, 0.6) is 5.75 Å². The molecule has 0 aliphatic carbocycles. The summed E-state index contributed by atoms with van der Waals surface area (Å²) in [6.45, 7) is 4.38. The summed E-state index contributed by atoms with van der Waals surface area (Å²) in [4.78, 5) is 12.3. The molecule has 0 radical (unpaired) electrons. The highest BCUT2D eigenvalue weighted by molar-refractivity contribution is 5.84. The Kier molecular flexibility index (Phi) is 5.00. The number of para-hydroxylation sites is 1. The molecule has 0 N–H and O–H groups in total. The fourth-order valence-corrected chi connectivity index (χ4v) is 2.72. The van der Waals surface area contributed by atoms with Crippen molar-refractivity contribution in [3.63, 3.8) is 0 Å². The summed E-state index contributed by atoms with van der Waals surface area (Å²) in [5.74, 6) is 1.70. The van der Waals surface area contributed by atoms with E-state index in [9.17, 15) is 4.79 Å². The molecule has 19 heavy (non-hydrogen) atoms. The second kappa shape index (κ2) is 6.74. The lowest BCUT2D eigenvalue weighted by molar-refractivity contribution is -0.126. The molecule has 1 aliphatic heterocycles. The molecule has 0 aromatic heterocycles. The zero-order valence-electron chi connectivity index (χ0n) is 12.0. The molecule has 2 unspecified atom stereocenters. The molecular weight excluding hydrogens is 236 g/mol. The van der Waals surface area contributed by atoms with Gasteiger partial charge in [0.15, 0.2) is 11.9 Å². The van der Waals surface area contributed by atoms with Crippen LogP contribution in [0.25, 0.3) is 0 Å². The fraction of sp³-hybridized carbons (Fsp3) is 0.588. The van der Waals surface area contributed by atoms with Crippen molar-refractivity contribution in [3.05, 3.63) is 29.8 Å². The zero-order chi connectivity index (χ0) is 13.7. The maximum atomic E-state index is 12.3. The summed E-state index contributed by atoms with van der Waals surface area (Å²) in [6, 6.07) is 7.97. The van der Waals surface area contributed by atoms with Crippen molar-refractivity contribution >= 4 is 5.78 Å². The number of ether oxygens (including phenoxy) is 1. The number of carbonyl (C=O) groups excluding carboxylic acids is 1. The van der Waals surface area contributed by atoms with E-state index in [0.29, 0.717) is 12.3 Å². The Balaban J connectivity index is 1.88. The van der Waals surface area contributed by atoms with Gasteiger partial charge in [-0.15, -0.1) is 0 Å². The largest absolute Gasteiger partial charge is 0.482 e. The van der Waals surface area contributed by atoms with E-state index in [1.165, 1.54) is 24.8 Å². The molecule has 1 heterocycles. The Morgan fingerprint density at radius 3 is 2.84 bits per heavy atom. The van der Waals surface area contributed by atoms with E-state index < -0.39 is 0 Å². The van der Waals surface area contributed by atoms with Crippen LogP contribution < -0.4 is 4.74 Å². The maximum Gasteiger partial charge on any atom is 0.173 e. The van der Waals surface area contributed by atoms with Crippen molar-refractivity contribution in [1.82, 2.24) is 0 Å². The minimum Gasteiger partial charge on any atom is -0.482 e. The lowest BCUT2D eigenvalue weighted by Crippen LogP contribution is -2.27. The molecule has 0 saturated heterocycles. The first-order valence-corrected chi connectivity index (χ1v) is 7.51. The Labute approximate surface area is 116 Å². The van der Waals surface area contributed by atoms with E-state index in [1.54, 1.807) is 0 Å². The van der Waals surface area contributed by atoms with Gasteiger partial charge in [-0.05, 0) is 17.5 Å². The Morgan fingerprint density at radius 1 is 1.37 bits per heavy atom. The van der Waals surface area contributed by atoms with Crippen LogP contribution >= 0.6 is 0 Å². The van der Waals surface area contributed by atoms with Gasteiger partial charge in [0.25, 0.3) is 0 Å². The molecule has 2 heteroatoms. The fourth-order valence-electron chi connectivity index (χ4n) is 2.72. The average Bonchev–Trinajstić information content (AvgIpc) is 2.87. The first-order chi connectivity index (χ1) is 9.24. The third-order valence-corrected chi connectivity index (χ3v) is 4.04. The van der Waals surface area contributed by atoms with Gasteiger partial charge in [0.2, 0.25) is 0 Å². The van der Waals surface area contributed by atoms with E-state index in [-0.39, 0.29) is 11.9 Å². The normalized spacial score (nSPS) is 18.7. The van der Waals surface area contributed by atoms with Gasteiger partial charge in [0, 0.05) is 12.8 Å². The van der Waals surface area contributed by atoms with Gasteiger partial charge in [-0.1, -0.05) is 57.7 Å². The highest BCUT2D eigenvalue weighted by Gasteiger charge is 2.29. The molecule has 2 atom stereocenters. The van der Waals surface area contributed by atoms with Crippen molar-refractivity contribution in [3.8, 4) is 5.75 Å². The van der Waals surface area contributed by atoms with Crippen LogP contribution in [0.1, 0.15) is 51.5 Å². The van der Waals surface area contributed by atoms with Gasteiger partial charge >= 0.3 is 0 Å². The van der Waals surface area contributed by atoms with Crippen LogP contribution in [0, 0.1) is 5.92 Å². The Hall–Kier alpha value is -1.31. The smallest absolute Gasteiger partial charge is 0.173 e. The molecule has 0 spiro atoms. The minimum absolute atomic E-state index is 0.243. The second-order valence-corrected chi connectivity index (χ2v) is 5.51. The highest BCUT2D eigenvalue weighted by Crippen LogP contribution is 2.30. The molecule has 104 valence electrons. The lowest BCUT2D eigenvalue weighted by atomic mass is 9.91. The summed E-state index contributed by atoms with van der Waals surface area (Å²) >= 11 is 0. The number of fused-ring (bicyclic) bond motifs is 1. The van der Waals surface area contributed by atoms with Crippen LogP contribution in [0.3, 0.4) is 0 Å². The Morgan fingerprint density at radius 2 is 2.16 bits per heavy atom. The van der Waals surface area contributed by atoms with Crippen molar-refractivity contribution in [1.29, 1.82) is 0 Å². The van der Waals surface area contributed by atoms with Crippen LogP contribution in [-0.4, -0.2) is 11.9 Å². The van der Waals surface area contributed by atoms with E-state index >= 15 is 0 Å². The van der Waals surface area contributed by atoms with Gasteiger partial charge in [-0.3, -0.25) is 4.79 Å². The Bertz CT molecular complexity index is 400. The second-order valence-electron chi connectivity index (χ2n) is 5.51. The maximum absolute atomic E-state index is 12.3. The van der Waals surface area contributed by atoms with Gasteiger partial charge in [-0.25, -0.2) is 0 Å². The topological polar surface area (TPSA) is 26.3 Å². The highest BCUT2D eigenvalue weighted by atomic mass is 16.5. The molecule has 0 saturated carbocycles. The monoisotopic (exact) mass is 260 g/mol. The van der Waals surface area contributed by atoms with E-state index in [1.807, 2.05) is 18.2 Å². The lowest BCUT2D eigenvalue weighted by Gasteiger charge is -2.16. The number of Topliss-reactive ketones (excluding diaryl/α,β-unsaturated/α-hetero) is 1. The standard InChI is InChI=1S/C17H24O2/c1-3-5-8-13(4-2)11-15(18)17-12-14-9-6-7-10-16(14)19-17/h6-7,9-10,13,17H,3-5,8,11-12H2,1-2H3. The average molecular weight is 260 g/mol. The zero-order valence-corrected chi connectivity index (χ0v) is 12.0. The number of rotatable bonds is 7. The summed E-state index contributed by atoms with van der Waals surface area (Å²) in [7, 11) is 0. The first-order valence-electron chi connectivity index (χ1n) is 7.51. The number of hydrogen-bond donors (Lipinski definition) is 0. The van der Waals surface area contributed by atoms with Crippen molar-refractivity contribution in [2.75, 3.05) is 0 Å². The quantitative estimate of drug-likeness (QED) is 0.735. The minimum atomic E-state index is -0.243. The number of benzene rings is 1. The number of unbranched alkanes of at least 4 members (excludes halogenated alkanes) is 1. The van der Waals surface area contributed by atoms with Crippen molar-refractivity contribution < 1.29 is 9.53 Å².